The van der Waals surface area contributed by atoms with Gasteiger partial charge >= 0.3 is 0 Å². The molecule has 4 heteroatoms. The van der Waals surface area contributed by atoms with Crippen LogP contribution < -0.4 is 4.74 Å². The molecule has 0 spiro atoms. The Labute approximate surface area is 109 Å². The maximum absolute atomic E-state index is 12.7. The molecule has 0 aliphatic rings. The zero-order valence-electron chi connectivity index (χ0n) is 9.36. The fraction of sp³-hybridized carbons (Fsp3) is 0.0714. The van der Waals surface area contributed by atoms with Gasteiger partial charge in [0.1, 0.15) is 18.2 Å². The lowest BCUT2D eigenvalue weighted by molar-refractivity contribution is 0.306. The fourth-order valence-electron chi connectivity index (χ4n) is 1.43. The van der Waals surface area contributed by atoms with E-state index in [-0.39, 0.29) is 5.82 Å². The predicted molar refractivity (Wildman–Crippen MR) is 66.9 cm³/mol. The van der Waals surface area contributed by atoms with Gasteiger partial charge < -0.3 is 4.74 Å². The highest BCUT2D eigenvalue weighted by atomic mass is 35.5. The lowest BCUT2D eigenvalue weighted by atomic mass is 10.2. The standard InChI is InChI=1S/C14H9ClFNO/c15-13-7-11(8-17)3-6-14(13)18-9-10-1-4-12(16)5-2-10/h1-7H,9H2. The van der Waals surface area contributed by atoms with Gasteiger partial charge in [0.25, 0.3) is 0 Å². The number of halogens is 2. The van der Waals surface area contributed by atoms with Crippen LogP contribution in [0.25, 0.3) is 0 Å². The highest BCUT2D eigenvalue weighted by molar-refractivity contribution is 6.32. The smallest absolute Gasteiger partial charge is 0.138 e. The van der Waals surface area contributed by atoms with Gasteiger partial charge in [0.05, 0.1) is 16.7 Å². The molecule has 0 fully saturated rings. The van der Waals surface area contributed by atoms with E-state index in [0.717, 1.165) is 5.56 Å². The van der Waals surface area contributed by atoms with Crippen molar-refractivity contribution in [3.05, 3.63) is 64.4 Å². The van der Waals surface area contributed by atoms with Crippen molar-refractivity contribution in [1.29, 1.82) is 5.26 Å². The van der Waals surface area contributed by atoms with E-state index in [2.05, 4.69) is 0 Å². The molecule has 0 unspecified atom stereocenters. The zero-order valence-corrected chi connectivity index (χ0v) is 10.1. The van der Waals surface area contributed by atoms with Crippen molar-refractivity contribution >= 4 is 11.6 Å². The van der Waals surface area contributed by atoms with Crippen molar-refractivity contribution in [1.82, 2.24) is 0 Å². The van der Waals surface area contributed by atoms with E-state index in [4.69, 9.17) is 21.6 Å². The molecule has 0 saturated heterocycles. The second-order valence-electron chi connectivity index (χ2n) is 3.67. The van der Waals surface area contributed by atoms with Crippen LogP contribution in [0.5, 0.6) is 5.75 Å². The van der Waals surface area contributed by atoms with Crippen LogP contribution in [0.1, 0.15) is 11.1 Å². The lowest BCUT2D eigenvalue weighted by Gasteiger charge is -2.08. The molecule has 0 amide bonds. The summed E-state index contributed by atoms with van der Waals surface area (Å²) in [4.78, 5) is 0. The molecule has 18 heavy (non-hydrogen) atoms. The monoisotopic (exact) mass is 261 g/mol. The Bertz CT molecular complexity index is 590. The molecule has 90 valence electrons. The number of benzene rings is 2. The second-order valence-corrected chi connectivity index (χ2v) is 4.08. The van der Waals surface area contributed by atoms with Crippen LogP contribution in [0.15, 0.2) is 42.5 Å². The minimum atomic E-state index is -0.282. The maximum Gasteiger partial charge on any atom is 0.138 e. The summed E-state index contributed by atoms with van der Waals surface area (Å²) in [6, 6.07) is 12.9. The normalized spacial score (nSPS) is 9.83. The maximum atomic E-state index is 12.7. The summed E-state index contributed by atoms with van der Waals surface area (Å²) in [6.07, 6.45) is 0. The zero-order chi connectivity index (χ0) is 13.0. The van der Waals surface area contributed by atoms with Crippen LogP contribution in [0.2, 0.25) is 5.02 Å². The van der Waals surface area contributed by atoms with E-state index in [1.807, 2.05) is 6.07 Å². The Morgan fingerprint density at radius 2 is 1.89 bits per heavy atom. The summed E-state index contributed by atoms with van der Waals surface area (Å²) in [5.41, 5.74) is 1.32. The van der Waals surface area contributed by atoms with Gasteiger partial charge in [0, 0.05) is 0 Å². The molecule has 0 bridgehead atoms. The first-order valence-corrected chi connectivity index (χ1v) is 5.64. The third-order valence-corrected chi connectivity index (χ3v) is 2.66. The van der Waals surface area contributed by atoms with Gasteiger partial charge in [0.2, 0.25) is 0 Å². The largest absolute Gasteiger partial charge is 0.487 e. The molecule has 0 aromatic heterocycles. The highest BCUT2D eigenvalue weighted by Gasteiger charge is 2.03. The number of nitrogens with zero attached hydrogens (tertiary/aromatic N) is 1. The molecule has 2 aromatic rings. The van der Waals surface area contributed by atoms with Gasteiger partial charge in [-0.05, 0) is 35.9 Å². The highest BCUT2D eigenvalue weighted by Crippen LogP contribution is 2.26. The van der Waals surface area contributed by atoms with E-state index in [0.29, 0.717) is 22.9 Å². The third kappa shape index (κ3) is 2.99. The molecule has 0 aliphatic carbocycles. The number of ether oxygens (including phenoxy) is 1. The average molecular weight is 262 g/mol. The van der Waals surface area contributed by atoms with Crippen molar-refractivity contribution in [2.45, 2.75) is 6.61 Å². The van der Waals surface area contributed by atoms with E-state index < -0.39 is 0 Å². The molecule has 0 aliphatic heterocycles. The molecule has 2 rings (SSSR count). The van der Waals surface area contributed by atoms with E-state index >= 15 is 0 Å². The van der Waals surface area contributed by atoms with Gasteiger partial charge in [-0.15, -0.1) is 0 Å². The van der Waals surface area contributed by atoms with E-state index in [1.165, 1.54) is 12.1 Å². The van der Waals surface area contributed by atoms with Crippen molar-refractivity contribution < 1.29 is 9.13 Å². The predicted octanol–water partition coefficient (Wildman–Crippen LogP) is 3.93. The molecular formula is C14H9ClFNO. The van der Waals surface area contributed by atoms with E-state index in [9.17, 15) is 4.39 Å². The van der Waals surface area contributed by atoms with E-state index in [1.54, 1.807) is 30.3 Å². The van der Waals surface area contributed by atoms with Crippen molar-refractivity contribution in [2.24, 2.45) is 0 Å². The molecule has 0 radical (unpaired) electrons. The Balaban J connectivity index is 2.06. The quantitative estimate of drug-likeness (QED) is 0.839. The van der Waals surface area contributed by atoms with Gasteiger partial charge in [-0.25, -0.2) is 4.39 Å². The van der Waals surface area contributed by atoms with Crippen LogP contribution in [-0.4, -0.2) is 0 Å². The summed E-state index contributed by atoms with van der Waals surface area (Å²) < 4.78 is 18.2. The van der Waals surface area contributed by atoms with Gasteiger partial charge in [-0.2, -0.15) is 5.26 Å². The summed E-state index contributed by atoms with van der Waals surface area (Å²) >= 11 is 5.96. The number of rotatable bonds is 3. The Kier molecular flexibility index (Phi) is 3.81. The molecule has 0 N–H and O–H groups in total. The van der Waals surface area contributed by atoms with Gasteiger partial charge in [0.15, 0.2) is 0 Å². The van der Waals surface area contributed by atoms with Crippen LogP contribution in [0, 0.1) is 17.1 Å². The number of nitriles is 1. The topological polar surface area (TPSA) is 33.0 Å². The molecule has 2 nitrogen and oxygen atoms in total. The summed E-state index contributed by atoms with van der Waals surface area (Å²) in [5.74, 6) is 0.218. The first-order chi connectivity index (χ1) is 8.69. The van der Waals surface area contributed by atoms with Crippen LogP contribution >= 0.6 is 11.6 Å². The Hall–Kier alpha value is -2.05. The van der Waals surface area contributed by atoms with Crippen LogP contribution in [0.3, 0.4) is 0 Å². The van der Waals surface area contributed by atoms with Crippen LogP contribution in [0.4, 0.5) is 4.39 Å². The second kappa shape index (κ2) is 5.52. The number of hydrogen-bond acceptors (Lipinski definition) is 2. The summed E-state index contributed by atoms with van der Waals surface area (Å²) in [6.45, 7) is 0.298. The minimum absolute atomic E-state index is 0.282. The Morgan fingerprint density at radius 3 is 2.50 bits per heavy atom. The first kappa shape index (κ1) is 12.4. The molecular weight excluding hydrogens is 253 g/mol. The molecule has 0 saturated carbocycles. The van der Waals surface area contributed by atoms with Gasteiger partial charge in [-0.1, -0.05) is 23.7 Å². The van der Waals surface area contributed by atoms with Crippen molar-refractivity contribution in [3.8, 4) is 11.8 Å². The molecule has 2 aromatic carbocycles. The minimum Gasteiger partial charge on any atom is -0.487 e. The first-order valence-electron chi connectivity index (χ1n) is 5.26. The molecule has 0 atom stereocenters. The summed E-state index contributed by atoms with van der Waals surface area (Å²) in [5, 5.41) is 9.09. The third-order valence-electron chi connectivity index (χ3n) is 2.37. The van der Waals surface area contributed by atoms with Gasteiger partial charge in [-0.3, -0.25) is 0 Å². The van der Waals surface area contributed by atoms with Crippen LogP contribution in [-0.2, 0) is 6.61 Å². The lowest BCUT2D eigenvalue weighted by Crippen LogP contribution is -1.96. The Morgan fingerprint density at radius 1 is 1.17 bits per heavy atom. The van der Waals surface area contributed by atoms with Crippen molar-refractivity contribution in [2.75, 3.05) is 0 Å². The molecule has 0 heterocycles. The average Bonchev–Trinajstić information content (AvgIpc) is 2.39. The number of hydrogen-bond donors (Lipinski definition) is 0. The van der Waals surface area contributed by atoms with Crippen molar-refractivity contribution in [3.63, 3.8) is 0 Å². The SMILES string of the molecule is N#Cc1ccc(OCc2ccc(F)cc2)c(Cl)c1. The fourth-order valence-corrected chi connectivity index (χ4v) is 1.66. The summed E-state index contributed by atoms with van der Waals surface area (Å²) in [7, 11) is 0.